The number of halogens is 1. The molecule has 0 N–H and O–H groups in total. The van der Waals surface area contributed by atoms with Crippen LogP contribution in [-0.2, 0) is 13.6 Å². The molecule has 0 aliphatic heterocycles. The molecule has 2 aliphatic rings. The Kier molecular flexibility index (Phi) is 3.56. The average Bonchev–Trinajstić information content (AvgIpc) is 3.16. The van der Waals surface area contributed by atoms with E-state index in [0.717, 1.165) is 12.0 Å². The molecule has 0 amide bonds. The summed E-state index contributed by atoms with van der Waals surface area (Å²) in [7, 11) is 1.76. The van der Waals surface area contributed by atoms with Gasteiger partial charge < -0.3 is 9.09 Å². The highest BCUT2D eigenvalue weighted by Gasteiger charge is 2.55. The molecule has 3 atom stereocenters. The summed E-state index contributed by atoms with van der Waals surface area (Å²) in [4.78, 5) is 25.5. The van der Waals surface area contributed by atoms with Crippen molar-refractivity contribution in [1.82, 2.24) is 29.2 Å². The second kappa shape index (κ2) is 6.19. The van der Waals surface area contributed by atoms with Crippen molar-refractivity contribution in [3.05, 3.63) is 76.4 Å². The van der Waals surface area contributed by atoms with E-state index in [4.69, 9.17) is 4.52 Å². The number of rotatable bonds is 4. The van der Waals surface area contributed by atoms with E-state index in [2.05, 4.69) is 26.2 Å². The molecule has 3 heterocycles. The number of nitrogens with zero attached hydrogens (tertiary/aromatic N) is 6. The van der Waals surface area contributed by atoms with E-state index in [1.54, 1.807) is 17.9 Å². The fraction of sp³-hybridized carbons (Fsp3) is 0.286. The maximum atomic E-state index is 13.1. The third kappa shape index (κ3) is 2.62. The van der Waals surface area contributed by atoms with Crippen molar-refractivity contribution < 1.29 is 8.91 Å². The zero-order chi connectivity index (χ0) is 20.4. The highest BCUT2D eigenvalue weighted by molar-refractivity contribution is 5.71. The van der Waals surface area contributed by atoms with Crippen molar-refractivity contribution in [2.75, 3.05) is 0 Å². The van der Waals surface area contributed by atoms with Gasteiger partial charge in [-0.05, 0) is 41.5 Å². The van der Waals surface area contributed by atoms with Gasteiger partial charge in [-0.1, -0.05) is 23.4 Å². The molecule has 30 heavy (non-hydrogen) atoms. The number of aromatic nitrogens is 6. The summed E-state index contributed by atoms with van der Waals surface area (Å²) in [5.41, 5.74) is 2.96. The number of benzene rings is 1. The Morgan fingerprint density at radius 3 is 2.77 bits per heavy atom. The van der Waals surface area contributed by atoms with Crippen LogP contribution in [0.1, 0.15) is 29.6 Å². The van der Waals surface area contributed by atoms with Gasteiger partial charge in [-0.25, -0.2) is 14.4 Å². The molecule has 0 spiro atoms. The van der Waals surface area contributed by atoms with Crippen LogP contribution in [0.3, 0.4) is 0 Å². The normalized spacial score (nSPS) is 22.3. The molecule has 8 nitrogen and oxygen atoms in total. The van der Waals surface area contributed by atoms with Gasteiger partial charge in [0.05, 0.1) is 6.33 Å². The van der Waals surface area contributed by atoms with Gasteiger partial charge in [-0.3, -0.25) is 9.36 Å². The second-order valence-corrected chi connectivity index (χ2v) is 7.92. The van der Waals surface area contributed by atoms with Crippen molar-refractivity contribution in [3.63, 3.8) is 0 Å². The third-order valence-corrected chi connectivity index (χ3v) is 6.08. The highest BCUT2D eigenvalue weighted by Crippen LogP contribution is 2.62. The lowest BCUT2D eigenvalue weighted by Crippen LogP contribution is -2.22. The van der Waals surface area contributed by atoms with Crippen molar-refractivity contribution in [3.8, 4) is 0 Å². The smallest absolute Gasteiger partial charge is 0.280 e. The van der Waals surface area contributed by atoms with Crippen LogP contribution in [0.4, 0.5) is 4.39 Å². The Morgan fingerprint density at radius 1 is 1.20 bits per heavy atom. The summed E-state index contributed by atoms with van der Waals surface area (Å²) in [5, 5.41) is 4.15. The average molecular weight is 404 g/mol. The number of fused-ring (bicyclic) bond motifs is 2. The molecule has 3 aromatic heterocycles. The topological polar surface area (TPSA) is 91.6 Å². The van der Waals surface area contributed by atoms with E-state index >= 15 is 0 Å². The summed E-state index contributed by atoms with van der Waals surface area (Å²) in [6.45, 7) is 0.165. The van der Waals surface area contributed by atoms with Gasteiger partial charge in [0.1, 0.15) is 18.7 Å². The predicted molar refractivity (Wildman–Crippen MR) is 105 cm³/mol. The minimum Gasteiger partial charge on any atom is -0.337 e. The molecule has 9 heteroatoms. The first-order valence-corrected chi connectivity index (χ1v) is 9.74. The van der Waals surface area contributed by atoms with Crippen molar-refractivity contribution in [2.45, 2.75) is 18.9 Å². The monoisotopic (exact) mass is 404 g/mol. The quantitative estimate of drug-likeness (QED) is 0.519. The summed E-state index contributed by atoms with van der Waals surface area (Å²) < 4.78 is 21.6. The van der Waals surface area contributed by atoms with Crippen LogP contribution >= 0.6 is 0 Å². The second-order valence-electron chi connectivity index (χ2n) is 7.92. The Hall–Kier alpha value is -3.62. The Morgan fingerprint density at radius 2 is 2.00 bits per heavy atom. The van der Waals surface area contributed by atoms with Gasteiger partial charge in [0.15, 0.2) is 17.0 Å². The zero-order valence-electron chi connectivity index (χ0n) is 16.1. The third-order valence-electron chi connectivity index (χ3n) is 6.08. The molecule has 1 saturated carbocycles. The van der Waals surface area contributed by atoms with Gasteiger partial charge in [0.2, 0.25) is 5.89 Å². The van der Waals surface area contributed by atoms with Crippen LogP contribution in [0.2, 0.25) is 0 Å². The van der Waals surface area contributed by atoms with E-state index in [1.807, 2.05) is 12.1 Å². The SMILES string of the molecule is Cn1cnc2ncn(Cc3nc([C@H]4C5C=C(c6ccc(F)cc6)C[C@@H]54)no3)c(=O)c21. The maximum absolute atomic E-state index is 13.1. The van der Waals surface area contributed by atoms with E-state index in [9.17, 15) is 9.18 Å². The number of hydrogen-bond donors (Lipinski definition) is 0. The fourth-order valence-electron chi connectivity index (χ4n) is 4.48. The molecule has 4 aromatic rings. The lowest BCUT2D eigenvalue weighted by molar-refractivity contribution is 0.364. The Balaban J connectivity index is 1.20. The first-order valence-electron chi connectivity index (χ1n) is 9.74. The largest absolute Gasteiger partial charge is 0.337 e. The van der Waals surface area contributed by atoms with Gasteiger partial charge in [-0.2, -0.15) is 4.98 Å². The predicted octanol–water partition coefficient (Wildman–Crippen LogP) is 2.52. The van der Waals surface area contributed by atoms with E-state index in [1.165, 1.54) is 28.6 Å². The van der Waals surface area contributed by atoms with Gasteiger partial charge in [0, 0.05) is 13.0 Å². The number of allylic oxidation sites excluding steroid dienone is 2. The summed E-state index contributed by atoms with van der Waals surface area (Å²) in [5.74, 6) is 1.90. The van der Waals surface area contributed by atoms with Crippen molar-refractivity contribution in [2.24, 2.45) is 18.9 Å². The molecule has 0 saturated heterocycles. The lowest BCUT2D eigenvalue weighted by atomic mass is 10.0. The number of hydrogen-bond acceptors (Lipinski definition) is 6. The Labute approximate surface area is 169 Å². The number of aryl methyl sites for hydroxylation is 1. The first kappa shape index (κ1) is 17.3. The molecular formula is C21H17FN6O2. The minimum absolute atomic E-state index is 0.165. The molecule has 0 bridgehead atoms. The Bertz CT molecular complexity index is 1370. The van der Waals surface area contributed by atoms with E-state index < -0.39 is 0 Å². The first-order chi connectivity index (χ1) is 14.6. The highest BCUT2D eigenvalue weighted by atomic mass is 19.1. The maximum Gasteiger partial charge on any atom is 0.280 e. The molecule has 2 aliphatic carbocycles. The van der Waals surface area contributed by atoms with E-state index in [0.29, 0.717) is 34.7 Å². The van der Waals surface area contributed by atoms with Crippen molar-refractivity contribution in [1.29, 1.82) is 0 Å². The van der Waals surface area contributed by atoms with Gasteiger partial charge >= 0.3 is 0 Å². The summed E-state index contributed by atoms with van der Waals surface area (Å²) in [6.07, 6.45) is 6.17. The van der Waals surface area contributed by atoms with Crippen molar-refractivity contribution >= 4 is 16.7 Å². The molecule has 1 fully saturated rings. The van der Waals surface area contributed by atoms with Crippen LogP contribution in [0.25, 0.3) is 16.7 Å². The summed E-state index contributed by atoms with van der Waals surface area (Å²) in [6, 6.07) is 6.61. The molecule has 1 unspecified atom stereocenters. The summed E-state index contributed by atoms with van der Waals surface area (Å²) >= 11 is 0. The van der Waals surface area contributed by atoms with Crippen LogP contribution < -0.4 is 5.56 Å². The van der Waals surface area contributed by atoms with Crippen LogP contribution in [-0.4, -0.2) is 29.2 Å². The molecule has 0 radical (unpaired) electrons. The fourth-order valence-corrected chi connectivity index (χ4v) is 4.48. The van der Waals surface area contributed by atoms with Crippen LogP contribution in [0, 0.1) is 17.7 Å². The lowest BCUT2D eigenvalue weighted by Gasteiger charge is -2.05. The zero-order valence-corrected chi connectivity index (χ0v) is 16.1. The van der Waals surface area contributed by atoms with Crippen LogP contribution in [0.5, 0.6) is 0 Å². The standard InChI is InChI=1S/C21H17FN6O2/c1-27-9-23-20-18(27)21(29)28(10-24-20)8-16-25-19(26-30-16)17-14-6-12(7-15(14)17)11-2-4-13(22)5-3-11/h2-6,9-10,14-15,17H,7-8H2,1H3/t14?,15-,17-/m0/s1. The molecule has 6 rings (SSSR count). The minimum atomic E-state index is -0.225. The molecule has 150 valence electrons. The molecular weight excluding hydrogens is 387 g/mol. The van der Waals surface area contributed by atoms with Gasteiger partial charge in [-0.15, -0.1) is 0 Å². The van der Waals surface area contributed by atoms with Crippen LogP contribution in [0.15, 0.2) is 52.3 Å². The number of imidazole rings is 1. The molecule has 1 aromatic carbocycles. The van der Waals surface area contributed by atoms with E-state index in [-0.39, 0.29) is 23.8 Å². The van der Waals surface area contributed by atoms with Gasteiger partial charge in [0.25, 0.3) is 5.56 Å².